The predicted octanol–water partition coefficient (Wildman–Crippen LogP) is 3.00. The molecule has 0 radical (unpaired) electrons. The Morgan fingerprint density at radius 3 is 1.00 bits per heavy atom. The minimum absolute atomic E-state index is 0.469. The van der Waals surface area contributed by atoms with Crippen molar-refractivity contribution in [2.24, 2.45) is 0 Å². The highest BCUT2D eigenvalue weighted by atomic mass is 17.1. The minimum Gasteiger partial charge on any atom is -0.450 e. The Bertz CT molecular complexity index is 149. The van der Waals surface area contributed by atoms with E-state index in [9.17, 15) is 0 Å². The molecule has 0 saturated heterocycles. The fourth-order valence-corrected chi connectivity index (χ4v) is 0.418. The van der Waals surface area contributed by atoms with E-state index in [1.807, 2.05) is 13.8 Å². The Hall–Kier alpha value is -1.62. The van der Waals surface area contributed by atoms with Crippen molar-refractivity contribution in [3.05, 3.63) is 0 Å². The maximum absolute atomic E-state index is 8.56. The second-order valence-electron chi connectivity index (χ2n) is 2.94. The molecule has 0 heterocycles. The summed E-state index contributed by atoms with van der Waals surface area (Å²) in [5, 5.41) is 43.3. The van der Waals surface area contributed by atoms with E-state index in [-0.39, 0.29) is 0 Å². The molecule has 0 spiro atoms. The average molecular weight is 304 g/mol. The molecule has 0 bridgehead atoms. The number of hydrogen-bond acceptors (Lipinski definition) is 6. The topological polar surface area (TPSA) is 174 Å². The lowest BCUT2D eigenvalue weighted by Crippen LogP contribution is -1.84. The van der Waals surface area contributed by atoms with Gasteiger partial charge in [-0.1, -0.05) is 26.7 Å². The first-order valence-corrected chi connectivity index (χ1v) is 5.66. The van der Waals surface area contributed by atoms with Gasteiger partial charge in [-0.25, -0.2) is 19.4 Å². The van der Waals surface area contributed by atoms with Gasteiger partial charge in [-0.2, -0.15) is 0 Å². The van der Waals surface area contributed by atoms with Crippen LogP contribution in [0.2, 0.25) is 0 Å². The molecule has 6 N–H and O–H groups in total. The van der Waals surface area contributed by atoms with Gasteiger partial charge in [0.05, 0.1) is 13.2 Å². The molecule has 0 saturated carbocycles. The monoisotopic (exact) mass is 304 g/mol. The first-order valence-electron chi connectivity index (χ1n) is 5.66. The van der Waals surface area contributed by atoms with E-state index in [4.69, 9.17) is 40.5 Å². The van der Waals surface area contributed by atoms with Gasteiger partial charge in [0, 0.05) is 0 Å². The zero-order chi connectivity index (χ0) is 16.8. The smallest absolute Gasteiger partial charge is 0.450 e. The lowest BCUT2D eigenvalue weighted by atomic mass is 10.4. The molecule has 0 aliphatic rings. The van der Waals surface area contributed by atoms with E-state index in [0.717, 1.165) is 25.7 Å². The van der Waals surface area contributed by atoms with E-state index < -0.39 is 12.3 Å². The molecule has 0 unspecified atom stereocenters. The molecule has 0 aromatic carbocycles. The summed E-state index contributed by atoms with van der Waals surface area (Å²) >= 11 is 0. The van der Waals surface area contributed by atoms with Crippen molar-refractivity contribution in [2.75, 3.05) is 13.2 Å². The summed E-state index contributed by atoms with van der Waals surface area (Å²) in [5.74, 6) is 0. The van der Waals surface area contributed by atoms with E-state index >= 15 is 0 Å². The second-order valence-corrected chi connectivity index (χ2v) is 2.94. The van der Waals surface area contributed by atoms with Crippen LogP contribution in [0.5, 0.6) is 0 Å². The Kier molecular flexibility index (Phi) is 40.8. The Labute approximate surface area is 116 Å². The largest absolute Gasteiger partial charge is 0.503 e. The summed E-state index contributed by atoms with van der Waals surface area (Å²) < 4.78 is 0. The minimum atomic E-state index is -1.83. The van der Waals surface area contributed by atoms with Crippen LogP contribution >= 0.6 is 0 Å². The summed E-state index contributed by atoms with van der Waals surface area (Å²) in [6.45, 7) is 5.02. The average Bonchev–Trinajstić information content (AvgIpc) is 2.33. The highest BCUT2D eigenvalue weighted by molar-refractivity contribution is 5.53. The molecule has 0 aromatic heterocycles. The van der Waals surface area contributed by atoms with Gasteiger partial charge in [0.15, 0.2) is 0 Å². The van der Waals surface area contributed by atoms with Crippen molar-refractivity contribution in [3.8, 4) is 0 Å². The molecular weight excluding hydrogens is 280 g/mol. The Balaban J connectivity index is -0.0000000871. The van der Waals surface area contributed by atoms with Gasteiger partial charge in [-0.3, -0.25) is 10.5 Å². The molecular formula is C10H24O10. The van der Waals surface area contributed by atoms with Gasteiger partial charge in [0.1, 0.15) is 0 Å². The maximum atomic E-state index is 8.56. The van der Waals surface area contributed by atoms with Crippen LogP contribution in [0.25, 0.3) is 0 Å². The van der Waals surface area contributed by atoms with Crippen molar-refractivity contribution in [1.82, 2.24) is 0 Å². The van der Waals surface area contributed by atoms with Crippen LogP contribution in [0.4, 0.5) is 9.59 Å². The fourth-order valence-electron chi connectivity index (χ4n) is 0.418. The summed E-state index contributed by atoms with van der Waals surface area (Å²) in [7, 11) is 0. The van der Waals surface area contributed by atoms with Gasteiger partial charge in [-0.05, 0) is 12.8 Å². The summed E-state index contributed by atoms with van der Waals surface area (Å²) in [5.41, 5.74) is 0. The van der Waals surface area contributed by atoms with Crippen LogP contribution in [0.1, 0.15) is 39.5 Å². The van der Waals surface area contributed by atoms with Crippen molar-refractivity contribution >= 4 is 12.3 Å². The molecule has 0 amide bonds. The van der Waals surface area contributed by atoms with Crippen LogP contribution in [0.3, 0.4) is 0 Å². The van der Waals surface area contributed by atoms with Crippen LogP contribution in [0.15, 0.2) is 0 Å². The molecule has 0 aromatic rings. The molecule has 20 heavy (non-hydrogen) atoms. The zero-order valence-electron chi connectivity index (χ0n) is 11.6. The van der Waals surface area contributed by atoms with Crippen molar-refractivity contribution in [3.63, 3.8) is 0 Å². The number of carbonyl (C=O) groups is 2. The highest BCUT2D eigenvalue weighted by Gasteiger charge is 1.77. The van der Waals surface area contributed by atoms with Gasteiger partial charge >= 0.3 is 12.3 Å². The van der Waals surface area contributed by atoms with Gasteiger partial charge in [0.2, 0.25) is 0 Å². The third-order valence-electron chi connectivity index (χ3n) is 1.18. The third kappa shape index (κ3) is 202. The number of hydrogen-bond donors (Lipinski definition) is 6. The molecule has 0 atom stereocenters. The van der Waals surface area contributed by atoms with Crippen molar-refractivity contribution < 1.29 is 50.3 Å². The first kappa shape index (κ1) is 26.8. The van der Waals surface area contributed by atoms with Crippen LogP contribution < -0.4 is 0 Å². The predicted molar refractivity (Wildman–Crippen MR) is 68.3 cm³/mol. The summed E-state index contributed by atoms with van der Waals surface area (Å²) in [6, 6.07) is 0. The lowest BCUT2D eigenvalue weighted by Gasteiger charge is -1.87. The molecule has 124 valence electrons. The van der Waals surface area contributed by atoms with Gasteiger partial charge in [0.25, 0.3) is 0 Å². The third-order valence-corrected chi connectivity index (χ3v) is 1.18. The first-order chi connectivity index (χ1) is 9.29. The molecule has 0 aliphatic heterocycles. The Morgan fingerprint density at radius 1 is 0.750 bits per heavy atom. The normalized spacial score (nSPS) is 7.80. The highest BCUT2D eigenvalue weighted by Crippen LogP contribution is 1.83. The zero-order valence-corrected chi connectivity index (χ0v) is 11.6. The second kappa shape index (κ2) is 30.4. The molecule has 10 nitrogen and oxygen atoms in total. The van der Waals surface area contributed by atoms with E-state index in [1.54, 1.807) is 0 Å². The number of carboxylic acid groups (broad SMARTS) is 4. The SMILES string of the molecule is CCCCOO.CCCCOO.O=C(O)O.O=C(O)O. The standard InChI is InChI=1S/2C4H10O2.2CH2O3/c2*1-2-3-4-6-5;2*2-1(3)4/h2*5H,2-4H2,1H3;2*(H2,2,3,4). The molecule has 0 fully saturated rings. The van der Waals surface area contributed by atoms with E-state index in [0.29, 0.717) is 13.2 Å². The molecule has 10 heteroatoms. The summed E-state index contributed by atoms with van der Waals surface area (Å²) in [4.78, 5) is 24.7. The number of rotatable bonds is 6. The van der Waals surface area contributed by atoms with Crippen molar-refractivity contribution in [2.45, 2.75) is 39.5 Å². The van der Waals surface area contributed by atoms with E-state index in [1.165, 1.54) is 0 Å². The Morgan fingerprint density at radius 2 is 0.950 bits per heavy atom. The van der Waals surface area contributed by atoms with Crippen molar-refractivity contribution in [1.29, 1.82) is 0 Å². The quantitative estimate of drug-likeness (QED) is 0.243. The maximum Gasteiger partial charge on any atom is 0.503 e. The van der Waals surface area contributed by atoms with Gasteiger partial charge in [-0.15, -0.1) is 0 Å². The van der Waals surface area contributed by atoms with Gasteiger partial charge < -0.3 is 20.4 Å². The fraction of sp³-hybridized carbons (Fsp3) is 0.800. The molecule has 0 rings (SSSR count). The lowest BCUT2D eigenvalue weighted by molar-refractivity contribution is -0.242. The van der Waals surface area contributed by atoms with Crippen LogP contribution in [-0.4, -0.2) is 56.5 Å². The van der Waals surface area contributed by atoms with E-state index in [2.05, 4.69) is 9.78 Å². The van der Waals surface area contributed by atoms with Crippen LogP contribution in [-0.2, 0) is 9.78 Å². The summed E-state index contributed by atoms with van der Waals surface area (Å²) in [6.07, 6.45) is 0.355. The number of unbranched alkanes of at least 4 members (excludes halogenated alkanes) is 2. The molecule has 0 aliphatic carbocycles. The van der Waals surface area contributed by atoms with Crippen LogP contribution in [0, 0.1) is 0 Å².